The van der Waals surface area contributed by atoms with Crippen LogP contribution in [0, 0.1) is 11.6 Å². The van der Waals surface area contributed by atoms with Gasteiger partial charge in [-0.1, -0.05) is 36.4 Å². The zero-order valence-corrected chi connectivity index (χ0v) is 12.9. The molecule has 1 amide bonds. The van der Waals surface area contributed by atoms with Crippen molar-refractivity contribution in [2.24, 2.45) is 0 Å². The van der Waals surface area contributed by atoms with Crippen molar-refractivity contribution in [1.29, 1.82) is 0 Å². The third-order valence-corrected chi connectivity index (χ3v) is 4.65. The number of benzene rings is 2. The topological polar surface area (TPSA) is 32.3 Å². The predicted octanol–water partition coefficient (Wildman–Crippen LogP) is 2.90. The van der Waals surface area contributed by atoms with E-state index in [4.69, 9.17) is 0 Å². The second-order valence-electron chi connectivity index (χ2n) is 6.09. The van der Waals surface area contributed by atoms with Crippen LogP contribution in [0.1, 0.15) is 17.2 Å². The number of amides is 1. The summed E-state index contributed by atoms with van der Waals surface area (Å²) in [5, 5.41) is 2.82. The van der Waals surface area contributed by atoms with Gasteiger partial charge in [-0.15, -0.1) is 0 Å². The quantitative estimate of drug-likeness (QED) is 0.920. The van der Waals surface area contributed by atoms with Gasteiger partial charge in [-0.3, -0.25) is 9.69 Å². The molecular formula is C19H16F2N2O. The molecule has 0 bridgehead atoms. The fourth-order valence-corrected chi connectivity index (χ4v) is 3.54. The van der Waals surface area contributed by atoms with E-state index in [1.807, 2.05) is 41.3 Å². The van der Waals surface area contributed by atoms with E-state index in [1.54, 1.807) is 0 Å². The summed E-state index contributed by atoms with van der Waals surface area (Å²) in [5.74, 6) is -0.975. The Balaban J connectivity index is 1.81. The van der Waals surface area contributed by atoms with Gasteiger partial charge in [-0.2, -0.15) is 0 Å². The molecular weight excluding hydrogens is 310 g/mol. The Bertz CT molecular complexity index is 819. The molecule has 0 spiro atoms. The number of halogens is 2. The lowest BCUT2D eigenvalue weighted by Gasteiger charge is -2.35. The van der Waals surface area contributed by atoms with Crippen molar-refractivity contribution in [3.05, 3.63) is 77.4 Å². The molecule has 2 aromatic carbocycles. The lowest BCUT2D eigenvalue weighted by atomic mass is 9.98. The SMILES string of the molecule is O=C1CN2[C@@H](CN1)C(c1cc(F)ccc1F)=C[C@H]2c1ccccc1. The van der Waals surface area contributed by atoms with Gasteiger partial charge in [0, 0.05) is 12.1 Å². The zero-order valence-electron chi connectivity index (χ0n) is 12.9. The molecule has 0 aromatic heterocycles. The first-order valence-electron chi connectivity index (χ1n) is 7.88. The third-order valence-electron chi connectivity index (χ3n) is 4.65. The van der Waals surface area contributed by atoms with Crippen LogP contribution >= 0.6 is 0 Å². The molecule has 0 radical (unpaired) electrons. The van der Waals surface area contributed by atoms with Crippen molar-refractivity contribution in [3.8, 4) is 0 Å². The van der Waals surface area contributed by atoms with Crippen LogP contribution in [0.5, 0.6) is 0 Å². The third kappa shape index (κ3) is 2.51. The van der Waals surface area contributed by atoms with Gasteiger partial charge >= 0.3 is 0 Å². The molecule has 122 valence electrons. The normalized spacial score (nSPS) is 23.6. The van der Waals surface area contributed by atoms with Crippen LogP contribution in [-0.2, 0) is 4.79 Å². The lowest BCUT2D eigenvalue weighted by molar-refractivity contribution is -0.125. The number of fused-ring (bicyclic) bond motifs is 1. The first kappa shape index (κ1) is 15.0. The summed E-state index contributed by atoms with van der Waals surface area (Å²) in [6.45, 7) is 0.630. The lowest BCUT2D eigenvalue weighted by Crippen LogP contribution is -2.53. The number of piperazine rings is 1. The molecule has 24 heavy (non-hydrogen) atoms. The Morgan fingerprint density at radius 2 is 1.88 bits per heavy atom. The smallest absolute Gasteiger partial charge is 0.234 e. The Labute approximate surface area is 138 Å². The monoisotopic (exact) mass is 326 g/mol. The fourth-order valence-electron chi connectivity index (χ4n) is 3.54. The summed E-state index contributed by atoms with van der Waals surface area (Å²) in [7, 11) is 0. The molecule has 3 nitrogen and oxygen atoms in total. The van der Waals surface area contributed by atoms with Crippen molar-refractivity contribution >= 4 is 11.5 Å². The van der Waals surface area contributed by atoms with Crippen molar-refractivity contribution < 1.29 is 13.6 Å². The van der Waals surface area contributed by atoms with Crippen LogP contribution in [-0.4, -0.2) is 29.9 Å². The van der Waals surface area contributed by atoms with E-state index in [-0.39, 0.29) is 30.1 Å². The molecule has 0 aliphatic carbocycles. The van der Waals surface area contributed by atoms with Crippen LogP contribution in [0.3, 0.4) is 0 Å². The molecule has 5 heteroatoms. The van der Waals surface area contributed by atoms with Crippen LogP contribution in [0.4, 0.5) is 8.78 Å². The molecule has 2 aromatic rings. The molecule has 1 saturated heterocycles. The van der Waals surface area contributed by atoms with Crippen LogP contribution in [0.2, 0.25) is 0 Å². The number of hydrogen-bond donors (Lipinski definition) is 1. The largest absolute Gasteiger partial charge is 0.353 e. The van der Waals surface area contributed by atoms with Crippen molar-refractivity contribution in [3.63, 3.8) is 0 Å². The molecule has 2 heterocycles. The van der Waals surface area contributed by atoms with Crippen molar-refractivity contribution in [1.82, 2.24) is 10.2 Å². The minimum Gasteiger partial charge on any atom is -0.353 e. The van der Waals surface area contributed by atoms with Crippen molar-refractivity contribution in [2.45, 2.75) is 12.1 Å². The number of carbonyl (C=O) groups excluding carboxylic acids is 1. The summed E-state index contributed by atoms with van der Waals surface area (Å²) in [6.07, 6.45) is 1.94. The zero-order chi connectivity index (χ0) is 16.7. The molecule has 4 rings (SSSR count). The van der Waals surface area contributed by atoms with Gasteiger partial charge < -0.3 is 5.32 Å². The van der Waals surface area contributed by atoms with Crippen LogP contribution < -0.4 is 5.32 Å². The first-order chi connectivity index (χ1) is 11.6. The average Bonchev–Trinajstić information content (AvgIpc) is 2.96. The Hall–Kier alpha value is -2.53. The average molecular weight is 326 g/mol. The number of carbonyl (C=O) groups is 1. The number of nitrogens with one attached hydrogen (secondary N) is 1. The van der Waals surface area contributed by atoms with E-state index in [0.29, 0.717) is 6.54 Å². The highest BCUT2D eigenvalue weighted by atomic mass is 19.1. The predicted molar refractivity (Wildman–Crippen MR) is 87.0 cm³/mol. The number of rotatable bonds is 2. The highest BCUT2D eigenvalue weighted by Gasteiger charge is 2.40. The minimum atomic E-state index is -0.471. The van der Waals surface area contributed by atoms with Gasteiger partial charge in [-0.25, -0.2) is 8.78 Å². The van der Waals surface area contributed by atoms with Gasteiger partial charge in [0.2, 0.25) is 5.91 Å². The van der Waals surface area contributed by atoms with Gasteiger partial charge in [-0.05, 0) is 29.3 Å². The maximum absolute atomic E-state index is 14.3. The van der Waals surface area contributed by atoms with Gasteiger partial charge in [0.15, 0.2) is 0 Å². The van der Waals surface area contributed by atoms with Gasteiger partial charge in [0.25, 0.3) is 0 Å². The molecule has 2 aliphatic heterocycles. The second-order valence-corrected chi connectivity index (χ2v) is 6.09. The Morgan fingerprint density at radius 1 is 1.08 bits per heavy atom. The van der Waals surface area contributed by atoms with E-state index in [1.165, 1.54) is 6.07 Å². The maximum Gasteiger partial charge on any atom is 0.234 e. The van der Waals surface area contributed by atoms with Crippen LogP contribution in [0.15, 0.2) is 54.6 Å². The fraction of sp³-hybridized carbons (Fsp3) is 0.211. The molecule has 2 aliphatic rings. The highest BCUT2D eigenvalue weighted by Crippen LogP contribution is 2.40. The highest BCUT2D eigenvalue weighted by molar-refractivity contribution is 5.83. The standard InChI is InChI=1S/C19H16F2N2O/c20-13-6-7-16(21)14(8-13)15-9-17(12-4-2-1-3-5-12)23-11-19(24)22-10-18(15)23/h1-9,17-18H,10-11H2,(H,22,24)/t17-,18-/m0/s1. The Kier molecular flexibility index (Phi) is 3.65. The van der Waals surface area contributed by atoms with E-state index in [0.717, 1.165) is 23.3 Å². The molecule has 2 atom stereocenters. The van der Waals surface area contributed by atoms with Crippen LogP contribution in [0.25, 0.3) is 5.57 Å². The summed E-state index contributed by atoms with van der Waals surface area (Å²) < 4.78 is 27.9. The Morgan fingerprint density at radius 3 is 2.67 bits per heavy atom. The molecule has 0 saturated carbocycles. The molecule has 0 unspecified atom stereocenters. The summed E-state index contributed by atoms with van der Waals surface area (Å²) >= 11 is 0. The van der Waals surface area contributed by atoms with Gasteiger partial charge in [0.05, 0.1) is 18.6 Å². The minimum absolute atomic E-state index is 0.0541. The first-order valence-corrected chi connectivity index (χ1v) is 7.88. The molecule has 1 fully saturated rings. The number of hydrogen-bond acceptors (Lipinski definition) is 2. The van der Waals surface area contributed by atoms with Gasteiger partial charge in [0.1, 0.15) is 11.6 Å². The summed E-state index contributed by atoms with van der Waals surface area (Å²) in [5.41, 5.74) is 2.02. The summed E-state index contributed by atoms with van der Waals surface area (Å²) in [6, 6.07) is 13.0. The van der Waals surface area contributed by atoms with E-state index in [2.05, 4.69) is 5.32 Å². The van der Waals surface area contributed by atoms with Crippen molar-refractivity contribution in [2.75, 3.05) is 13.1 Å². The number of nitrogens with zero attached hydrogens (tertiary/aromatic N) is 1. The van der Waals surface area contributed by atoms with E-state index < -0.39 is 11.6 Å². The van der Waals surface area contributed by atoms with E-state index >= 15 is 0 Å². The molecule has 1 N–H and O–H groups in total. The van der Waals surface area contributed by atoms with E-state index in [9.17, 15) is 13.6 Å². The second kappa shape index (κ2) is 5.83. The maximum atomic E-state index is 14.3. The summed E-state index contributed by atoms with van der Waals surface area (Å²) in [4.78, 5) is 13.9.